The van der Waals surface area contributed by atoms with Crippen molar-refractivity contribution < 1.29 is 19.0 Å². The summed E-state index contributed by atoms with van der Waals surface area (Å²) in [6.07, 6.45) is 2.73. The molecule has 180 valence electrons. The van der Waals surface area contributed by atoms with Gasteiger partial charge in [-0.25, -0.2) is 14.4 Å². The smallest absolute Gasteiger partial charge is 0.255 e. The summed E-state index contributed by atoms with van der Waals surface area (Å²) in [7, 11) is 1.59. The molecule has 1 atom stereocenters. The molecule has 11 heteroatoms. The molecule has 0 spiro atoms. The zero-order chi connectivity index (χ0) is 25.1. The number of carbonyl (C=O) groups is 1. The maximum atomic E-state index is 14.1. The highest BCUT2D eigenvalue weighted by molar-refractivity contribution is 5.99. The Morgan fingerprint density at radius 1 is 1.26 bits per heavy atom. The fourth-order valence-corrected chi connectivity index (χ4v) is 2.94. The van der Waals surface area contributed by atoms with Gasteiger partial charge in [-0.1, -0.05) is 0 Å². The molecule has 0 unspecified atom stereocenters. The van der Waals surface area contributed by atoms with Crippen LogP contribution in [0.1, 0.15) is 43.6 Å². The number of amides is 1. The van der Waals surface area contributed by atoms with E-state index in [4.69, 9.17) is 10.00 Å². The number of aliphatic hydroxyl groups is 1. The van der Waals surface area contributed by atoms with Crippen molar-refractivity contribution in [3.63, 3.8) is 0 Å². The van der Waals surface area contributed by atoms with E-state index in [2.05, 4.69) is 25.7 Å². The quantitative estimate of drug-likeness (QED) is 0.434. The van der Waals surface area contributed by atoms with Crippen LogP contribution in [0.25, 0.3) is 16.9 Å². The first-order valence-electron chi connectivity index (χ1n) is 10.6. The van der Waals surface area contributed by atoms with Crippen molar-refractivity contribution in [2.75, 3.05) is 25.5 Å². The fraction of sp³-hybridized carbons (Fsp3) is 0.435. The molecule has 0 fully saturated rings. The number of alkyl halides is 1. The van der Waals surface area contributed by atoms with Crippen molar-refractivity contribution in [1.82, 2.24) is 25.1 Å². The molecule has 0 radical (unpaired) electrons. The molecule has 0 aliphatic rings. The Morgan fingerprint density at radius 2 is 2.00 bits per heavy atom. The Hall–Kier alpha value is -3.62. The van der Waals surface area contributed by atoms with Crippen LogP contribution >= 0.6 is 0 Å². The summed E-state index contributed by atoms with van der Waals surface area (Å²) in [5.41, 5.74) is -0.585. The second-order valence-corrected chi connectivity index (χ2v) is 9.04. The van der Waals surface area contributed by atoms with Crippen molar-refractivity contribution >= 4 is 22.6 Å². The average Bonchev–Trinajstić information content (AvgIpc) is 3.23. The summed E-state index contributed by atoms with van der Waals surface area (Å²) in [5.74, 6) is -0.160. The lowest BCUT2D eigenvalue weighted by Gasteiger charge is -2.25. The first-order valence-corrected chi connectivity index (χ1v) is 10.6. The molecule has 3 aromatic heterocycles. The van der Waals surface area contributed by atoms with E-state index in [-0.39, 0.29) is 12.1 Å². The van der Waals surface area contributed by atoms with Crippen LogP contribution in [0.3, 0.4) is 0 Å². The van der Waals surface area contributed by atoms with Gasteiger partial charge in [0.1, 0.15) is 12.2 Å². The Bertz CT molecular complexity index is 1230. The number of carbonyl (C=O) groups excluding carboxylic acids is 1. The normalized spacial score (nSPS) is 12.9. The van der Waals surface area contributed by atoms with E-state index in [0.717, 1.165) is 0 Å². The topological polar surface area (TPSA) is 138 Å². The third-order valence-corrected chi connectivity index (χ3v) is 5.35. The highest BCUT2D eigenvalue weighted by atomic mass is 19.1. The summed E-state index contributed by atoms with van der Waals surface area (Å²) in [6.45, 7) is 6.45. The van der Waals surface area contributed by atoms with Crippen LogP contribution in [0.15, 0.2) is 30.7 Å². The Balaban J connectivity index is 1.95. The summed E-state index contributed by atoms with van der Waals surface area (Å²) in [5, 5.41) is 29.6. The molecule has 0 aromatic carbocycles. The van der Waals surface area contributed by atoms with Gasteiger partial charge in [0.15, 0.2) is 11.5 Å². The summed E-state index contributed by atoms with van der Waals surface area (Å²) in [6, 6.07) is 5.34. The van der Waals surface area contributed by atoms with Crippen molar-refractivity contribution in [3.8, 4) is 11.9 Å². The largest absolute Gasteiger partial charge is 0.387 e. The SMILES string of the molecule is COC(C)(C)CNc1cc(-n2ncc3cc(C#N)cnc32)ncc1C(=O)NC[C@@H](F)C(C)(C)O. The summed E-state index contributed by atoms with van der Waals surface area (Å²) < 4.78 is 21.1. The van der Waals surface area contributed by atoms with E-state index in [0.29, 0.717) is 34.6 Å². The van der Waals surface area contributed by atoms with E-state index in [1.807, 2.05) is 19.9 Å². The van der Waals surface area contributed by atoms with Gasteiger partial charge in [-0.2, -0.15) is 15.0 Å². The number of anilines is 1. The second kappa shape index (κ2) is 9.70. The Kier molecular flexibility index (Phi) is 7.14. The molecule has 3 rings (SSSR count). The van der Waals surface area contributed by atoms with E-state index >= 15 is 0 Å². The Labute approximate surface area is 196 Å². The molecule has 0 aliphatic heterocycles. The highest BCUT2D eigenvalue weighted by Crippen LogP contribution is 2.23. The van der Waals surface area contributed by atoms with Gasteiger partial charge in [0, 0.05) is 37.5 Å². The van der Waals surface area contributed by atoms with Crippen LogP contribution in [0, 0.1) is 11.3 Å². The van der Waals surface area contributed by atoms with Gasteiger partial charge < -0.3 is 20.5 Å². The lowest BCUT2D eigenvalue weighted by Crippen LogP contribution is -2.42. The number of rotatable bonds is 9. The van der Waals surface area contributed by atoms with Crippen molar-refractivity contribution in [2.24, 2.45) is 0 Å². The first-order chi connectivity index (χ1) is 15.9. The predicted octanol–water partition coefficient (Wildman–Crippen LogP) is 2.36. The molecule has 3 N–H and O–H groups in total. The lowest BCUT2D eigenvalue weighted by molar-refractivity contribution is -0.00178. The van der Waals surface area contributed by atoms with Gasteiger partial charge in [-0.15, -0.1) is 0 Å². The molecule has 3 heterocycles. The van der Waals surface area contributed by atoms with Crippen molar-refractivity contribution in [2.45, 2.75) is 45.1 Å². The maximum absolute atomic E-state index is 14.1. The van der Waals surface area contributed by atoms with E-state index in [1.54, 1.807) is 25.4 Å². The van der Waals surface area contributed by atoms with Crippen LogP contribution in [0.4, 0.5) is 10.1 Å². The minimum Gasteiger partial charge on any atom is -0.387 e. The number of nitriles is 1. The zero-order valence-corrected chi connectivity index (χ0v) is 19.8. The number of aromatic nitrogens is 4. The maximum Gasteiger partial charge on any atom is 0.255 e. The number of pyridine rings is 2. The molecule has 0 bridgehead atoms. The third-order valence-electron chi connectivity index (χ3n) is 5.35. The minimum atomic E-state index is -1.65. The molecule has 0 saturated heterocycles. The molecule has 1 amide bonds. The predicted molar refractivity (Wildman–Crippen MR) is 124 cm³/mol. The zero-order valence-electron chi connectivity index (χ0n) is 19.8. The number of hydrogen-bond acceptors (Lipinski definition) is 8. The van der Waals surface area contributed by atoms with Gasteiger partial charge in [-0.05, 0) is 33.8 Å². The molecule has 0 aliphatic carbocycles. The molecule has 10 nitrogen and oxygen atoms in total. The van der Waals surface area contributed by atoms with Crippen LogP contribution in [0.2, 0.25) is 0 Å². The first kappa shape index (κ1) is 25.0. The standard InChI is InChI=1S/C23H28FN7O3/c1-22(2,34-5)13-29-17-7-19(31-20-15(10-30-31)6-14(8-25)9-27-20)26-11-16(17)21(32)28-12-18(24)23(3,4)33/h6-7,9-11,18,33H,12-13H2,1-5H3,(H,26,29)(H,28,32)/t18-/m1/s1. The highest BCUT2D eigenvalue weighted by Gasteiger charge is 2.27. The van der Waals surface area contributed by atoms with Crippen LogP contribution in [-0.2, 0) is 4.74 Å². The number of methoxy groups -OCH3 is 1. The minimum absolute atomic E-state index is 0.190. The number of halogens is 1. The van der Waals surface area contributed by atoms with Crippen molar-refractivity contribution in [1.29, 1.82) is 5.26 Å². The molecule has 0 saturated carbocycles. The van der Waals surface area contributed by atoms with E-state index in [1.165, 1.54) is 30.9 Å². The molecule has 3 aromatic rings. The summed E-state index contributed by atoms with van der Waals surface area (Å²) in [4.78, 5) is 21.5. The number of fused-ring (bicyclic) bond motifs is 1. The van der Waals surface area contributed by atoms with Gasteiger partial charge >= 0.3 is 0 Å². The van der Waals surface area contributed by atoms with Crippen LogP contribution < -0.4 is 10.6 Å². The van der Waals surface area contributed by atoms with Gasteiger partial charge in [0.2, 0.25) is 0 Å². The van der Waals surface area contributed by atoms with Crippen molar-refractivity contribution in [3.05, 3.63) is 41.9 Å². The number of hydrogen-bond donors (Lipinski definition) is 3. The van der Waals surface area contributed by atoms with E-state index < -0.39 is 23.3 Å². The third kappa shape index (κ3) is 5.65. The monoisotopic (exact) mass is 469 g/mol. The molecular weight excluding hydrogens is 441 g/mol. The number of nitrogens with one attached hydrogen (secondary N) is 2. The number of ether oxygens (including phenoxy) is 1. The average molecular weight is 470 g/mol. The molecular formula is C23H28FN7O3. The number of nitrogens with zero attached hydrogens (tertiary/aromatic N) is 5. The lowest BCUT2D eigenvalue weighted by atomic mass is 10.0. The van der Waals surface area contributed by atoms with Gasteiger partial charge in [0.05, 0.1) is 40.8 Å². The fourth-order valence-electron chi connectivity index (χ4n) is 2.94. The van der Waals surface area contributed by atoms with Crippen LogP contribution in [0.5, 0.6) is 0 Å². The van der Waals surface area contributed by atoms with Gasteiger partial charge in [0.25, 0.3) is 5.91 Å². The molecule has 34 heavy (non-hydrogen) atoms. The Morgan fingerprint density at radius 3 is 2.65 bits per heavy atom. The second-order valence-electron chi connectivity index (χ2n) is 9.04. The van der Waals surface area contributed by atoms with E-state index in [9.17, 15) is 14.3 Å². The van der Waals surface area contributed by atoms with Gasteiger partial charge in [-0.3, -0.25) is 4.79 Å². The van der Waals surface area contributed by atoms with Crippen LogP contribution in [-0.4, -0.2) is 68.3 Å². The summed E-state index contributed by atoms with van der Waals surface area (Å²) >= 11 is 0.